The smallest absolute Gasteiger partial charge is 0.260 e. The van der Waals surface area contributed by atoms with Crippen molar-refractivity contribution in [3.8, 4) is 11.1 Å². The largest absolute Gasteiger partial charge is 0.399 e. The standard InChI is InChI=1S/C12H11N3O2/c13-9-3-1-2-7(4-9)8-5-10(11(14)16)12(17)15-6-8/h1-6H,13H2,(H2,14,16)(H,15,17). The molecule has 0 saturated heterocycles. The number of aromatic nitrogens is 1. The van der Waals surface area contributed by atoms with Gasteiger partial charge in [-0.25, -0.2) is 0 Å². The molecular formula is C12H11N3O2. The van der Waals surface area contributed by atoms with Gasteiger partial charge in [0.15, 0.2) is 0 Å². The second-order valence-corrected chi connectivity index (χ2v) is 3.62. The number of nitrogen functional groups attached to an aromatic ring is 1. The molecule has 0 bridgehead atoms. The molecule has 1 heterocycles. The molecule has 2 aromatic rings. The van der Waals surface area contributed by atoms with E-state index in [0.717, 1.165) is 5.56 Å². The molecular weight excluding hydrogens is 218 g/mol. The summed E-state index contributed by atoms with van der Waals surface area (Å²) in [5.41, 5.74) is 12.3. The van der Waals surface area contributed by atoms with E-state index >= 15 is 0 Å². The van der Waals surface area contributed by atoms with Gasteiger partial charge < -0.3 is 16.5 Å². The summed E-state index contributed by atoms with van der Waals surface area (Å²) in [6, 6.07) is 8.58. The van der Waals surface area contributed by atoms with Crippen molar-refractivity contribution in [1.82, 2.24) is 4.98 Å². The predicted molar refractivity (Wildman–Crippen MR) is 65.4 cm³/mol. The minimum absolute atomic E-state index is 0.0649. The van der Waals surface area contributed by atoms with Crippen molar-refractivity contribution >= 4 is 11.6 Å². The number of hydrogen-bond donors (Lipinski definition) is 3. The molecule has 1 amide bonds. The number of aromatic amines is 1. The maximum absolute atomic E-state index is 11.3. The fourth-order valence-electron chi connectivity index (χ4n) is 1.55. The lowest BCUT2D eigenvalue weighted by Crippen LogP contribution is -2.23. The Bertz CT molecular complexity index is 632. The third kappa shape index (κ3) is 2.17. The van der Waals surface area contributed by atoms with Crippen LogP contribution in [0.2, 0.25) is 0 Å². The van der Waals surface area contributed by atoms with Crippen LogP contribution in [0.1, 0.15) is 10.4 Å². The lowest BCUT2D eigenvalue weighted by molar-refractivity contribution is 0.0999. The van der Waals surface area contributed by atoms with Crippen molar-refractivity contribution in [1.29, 1.82) is 0 Å². The first-order chi connectivity index (χ1) is 8.08. The van der Waals surface area contributed by atoms with Crippen LogP contribution in [0.3, 0.4) is 0 Å². The van der Waals surface area contributed by atoms with Crippen LogP contribution in [0, 0.1) is 0 Å². The van der Waals surface area contributed by atoms with E-state index in [2.05, 4.69) is 4.98 Å². The summed E-state index contributed by atoms with van der Waals surface area (Å²) in [5, 5.41) is 0. The highest BCUT2D eigenvalue weighted by atomic mass is 16.2. The topological polar surface area (TPSA) is 102 Å². The minimum Gasteiger partial charge on any atom is -0.399 e. The van der Waals surface area contributed by atoms with Crippen molar-refractivity contribution in [2.45, 2.75) is 0 Å². The van der Waals surface area contributed by atoms with Crippen LogP contribution < -0.4 is 17.0 Å². The molecule has 17 heavy (non-hydrogen) atoms. The number of primary amides is 1. The molecule has 0 aliphatic heterocycles. The van der Waals surface area contributed by atoms with Gasteiger partial charge in [-0.2, -0.15) is 0 Å². The van der Waals surface area contributed by atoms with E-state index in [0.29, 0.717) is 11.3 Å². The van der Waals surface area contributed by atoms with Crippen LogP contribution in [0.15, 0.2) is 41.3 Å². The molecule has 0 unspecified atom stereocenters. The molecule has 0 aliphatic rings. The Morgan fingerprint density at radius 3 is 2.59 bits per heavy atom. The van der Waals surface area contributed by atoms with Crippen molar-refractivity contribution in [2.75, 3.05) is 5.73 Å². The van der Waals surface area contributed by atoms with Gasteiger partial charge in [-0.1, -0.05) is 12.1 Å². The van der Waals surface area contributed by atoms with Crippen molar-refractivity contribution in [2.24, 2.45) is 5.73 Å². The molecule has 0 fully saturated rings. The second kappa shape index (κ2) is 4.13. The van der Waals surface area contributed by atoms with E-state index in [9.17, 15) is 9.59 Å². The number of nitrogens with one attached hydrogen (secondary N) is 1. The quantitative estimate of drug-likeness (QED) is 0.661. The highest BCUT2D eigenvalue weighted by molar-refractivity contribution is 5.93. The van der Waals surface area contributed by atoms with Crippen LogP contribution >= 0.6 is 0 Å². The molecule has 1 aromatic carbocycles. The van der Waals surface area contributed by atoms with E-state index in [1.807, 2.05) is 6.07 Å². The molecule has 0 spiro atoms. The van der Waals surface area contributed by atoms with E-state index in [4.69, 9.17) is 11.5 Å². The lowest BCUT2D eigenvalue weighted by Gasteiger charge is -2.03. The fourth-order valence-corrected chi connectivity index (χ4v) is 1.55. The molecule has 5 nitrogen and oxygen atoms in total. The van der Waals surface area contributed by atoms with Gasteiger partial charge in [0.2, 0.25) is 0 Å². The minimum atomic E-state index is -0.753. The summed E-state index contributed by atoms with van der Waals surface area (Å²) >= 11 is 0. The molecule has 0 atom stereocenters. The van der Waals surface area contributed by atoms with E-state index in [-0.39, 0.29) is 5.56 Å². The Labute approximate surface area is 97.1 Å². The first-order valence-electron chi connectivity index (χ1n) is 4.96. The first-order valence-corrected chi connectivity index (χ1v) is 4.96. The van der Waals surface area contributed by atoms with Crippen LogP contribution in [-0.4, -0.2) is 10.9 Å². The van der Waals surface area contributed by atoms with Gasteiger partial charge in [-0.15, -0.1) is 0 Å². The monoisotopic (exact) mass is 229 g/mol. The third-order valence-electron chi connectivity index (χ3n) is 2.39. The van der Waals surface area contributed by atoms with Crippen LogP contribution in [0.4, 0.5) is 5.69 Å². The van der Waals surface area contributed by atoms with Gasteiger partial charge >= 0.3 is 0 Å². The average molecular weight is 229 g/mol. The SMILES string of the molecule is NC(=O)c1cc(-c2cccc(N)c2)c[nH]c1=O. The van der Waals surface area contributed by atoms with Gasteiger partial charge in [0.25, 0.3) is 11.5 Å². The molecule has 5 heteroatoms. The molecule has 0 aliphatic carbocycles. The maximum atomic E-state index is 11.3. The molecule has 0 saturated carbocycles. The number of carbonyl (C=O) groups excluding carboxylic acids is 1. The first kappa shape index (κ1) is 10.9. The van der Waals surface area contributed by atoms with Crippen LogP contribution in [0.25, 0.3) is 11.1 Å². The summed E-state index contributed by atoms with van der Waals surface area (Å²) < 4.78 is 0. The van der Waals surface area contributed by atoms with Crippen molar-refractivity contribution in [3.05, 3.63) is 52.4 Å². The summed E-state index contributed by atoms with van der Waals surface area (Å²) in [5.74, 6) is -0.753. The molecule has 5 N–H and O–H groups in total. The highest BCUT2D eigenvalue weighted by Crippen LogP contribution is 2.20. The number of amides is 1. The highest BCUT2D eigenvalue weighted by Gasteiger charge is 2.08. The summed E-state index contributed by atoms with van der Waals surface area (Å²) in [6.07, 6.45) is 1.52. The maximum Gasteiger partial charge on any atom is 0.260 e. The molecule has 2 rings (SSSR count). The zero-order chi connectivity index (χ0) is 12.4. The Hall–Kier alpha value is -2.56. The van der Waals surface area contributed by atoms with Gasteiger partial charge in [-0.05, 0) is 29.3 Å². The Kier molecular flexibility index (Phi) is 2.66. The van der Waals surface area contributed by atoms with Crippen LogP contribution in [0.5, 0.6) is 0 Å². The summed E-state index contributed by atoms with van der Waals surface area (Å²) in [6.45, 7) is 0. The van der Waals surface area contributed by atoms with Gasteiger partial charge in [0.1, 0.15) is 5.56 Å². The van der Waals surface area contributed by atoms with E-state index in [1.165, 1.54) is 12.3 Å². The van der Waals surface area contributed by atoms with Crippen LogP contribution in [-0.2, 0) is 0 Å². The van der Waals surface area contributed by atoms with Crippen molar-refractivity contribution in [3.63, 3.8) is 0 Å². The fraction of sp³-hybridized carbons (Fsp3) is 0. The lowest BCUT2D eigenvalue weighted by atomic mass is 10.1. The number of H-pyrrole nitrogens is 1. The van der Waals surface area contributed by atoms with Crippen molar-refractivity contribution < 1.29 is 4.79 Å². The number of benzene rings is 1. The number of hydrogen-bond acceptors (Lipinski definition) is 3. The number of carbonyl (C=O) groups is 1. The molecule has 1 aromatic heterocycles. The predicted octanol–water partition coefficient (Wildman–Crippen LogP) is 0.723. The number of nitrogens with two attached hydrogens (primary N) is 2. The number of anilines is 1. The second-order valence-electron chi connectivity index (χ2n) is 3.62. The average Bonchev–Trinajstić information content (AvgIpc) is 2.29. The molecule has 86 valence electrons. The Morgan fingerprint density at radius 2 is 1.94 bits per heavy atom. The number of rotatable bonds is 2. The van der Waals surface area contributed by atoms with E-state index in [1.54, 1.807) is 18.2 Å². The Morgan fingerprint density at radius 1 is 1.18 bits per heavy atom. The van der Waals surface area contributed by atoms with Gasteiger partial charge in [-0.3, -0.25) is 9.59 Å². The third-order valence-corrected chi connectivity index (χ3v) is 2.39. The summed E-state index contributed by atoms with van der Waals surface area (Å²) in [4.78, 5) is 24.9. The van der Waals surface area contributed by atoms with Gasteiger partial charge in [0, 0.05) is 11.9 Å². The zero-order valence-electron chi connectivity index (χ0n) is 8.94. The summed E-state index contributed by atoms with van der Waals surface area (Å²) in [7, 11) is 0. The Balaban J connectivity index is 2.58. The normalized spacial score (nSPS) is 10.1. The van der Waals surface area contributed by atoms with E-state index < -0.39 is 11.5 Å². The zero-order valence-corrected chi connectivity index (χ0v) is 8.94. The number of pyridine rings is 1. The van der Waals surface area contributed by atoms with Gasteiger partial charge in [0.05, 0.1) is 0 Å². The molecule has 0 radical (unpaired) electrons.